The van der Waals surface area contributed by atoms with Gasteiger partial charge >= 0.3 is 5.97 Å². The normalized spacial score (nSPS) is 16.8. The van der Waals surface area contributed by atoms with Gasteiger partial charge in [-0.1, -0.05) is 29.8 Å². The zero-order valence-corrected chi connectivity index (χ0v) is 19.4. The lowest BCUT2D eigenvalue weighted by Gasteiger charge is -2.21. The standard InChI is InChI=1S/C24H24ClN3O3S/c1-14-22(32-23(27-14)15-6-8-18(25)9-7-15)21(29)20(26)17-10-11-28(13-17)19-5-3-4-16(12-19)24(30)31-2/h3-9,12,17,20H,10-11,13,26H2,1-2H3. The molecule has 1 aliphatic rings. The Kier molecular flexibility index (Phi) is 6.60. The number of carbonyl (C=O) groups is 2. The monoisotopic (exact) mass is 469 g/mol. The van der Waals surface area contributed by atoms with Crippen molar-refractivity contribution in [1.82, 2.24) is 4.98 Å². The van der Waals surface area contributed by atoms with Gasteiger partial charge in [-0.2, -0.15) is 0 Å². The molecule has 166 valence electrons. The van der Waals surface area contributed by atoms with Crippen molar-refractivity contribution in [3.63, 3.8) is 0 Å². The molecule has 6 nitrogen and oxygen atoms in total. The number of thiazole rings is 1. The van der Waals surface area contributed by atoms with Gasteiger partial charge in [-0.25, -0.2) is 9.78 Å². The van der Waals surface area contributed by atoms with Crippen molar-refractivity contribution >= 4 is 40.4 Å². The number of rotatable bonds is 6. The van der Waals surface area contributed by atoms with Gasteiger partial charge in [0, 0.05) is 35.3 Å². The highest BCUT2D eigenvalue weighted by Gasteiger charge is 2.34. The maximum atomic E-state index is 13.2. The van der Waals surface area contributed by atoms with Gasteiger partial charge in [0.05, 0.1) is 29.3 Å². The molecule has 2 aromatic carbocycles. The van der Waals surface area contributed by atoms with Gasteiger partial charge in [-0.05, 0) is 43.7 Å². The number of nitrogens with two attached hydrogens (primary N) is 1. The van der Waals surface area contributed by atoms with Crippen LogP contribution in [-0.2, 0) is 4.74 Å². The number of nitrogens with zero attached hydrogens (tertiary/aromatic N) is 2. The van der Waals surface area contributed by atoms with Crippen molar-refractivity contribution in [2.75, 3.05) is 25.1 Å². The largest absolute Gasteiger partial charge is 0.465 e. The Hall–Kier alpha value is -2.74. The van der Waals surface area contributed by atoms with Crippen molar-refractivity contribution in [2.45, 2.75) is 19.4 Å². The fraction of sp³-hybridized carbons (Fsp3) is 0.292. The summed E-state index contributed by atoms with van der Waals surface area (Å²) in [6.07, 6.45) is 0.803. The molecule has 4 rings (SSSR count). The van der Waals surface area contributed by atoms with Crippen LogP contribution in [0.1, 0.15) is 32.1 Å². The highest BCUT2D eigenvalue weighted by molar-refractivity contribution is 7.17. The highest BCUT2D eigenvalue weighted by Crippen LogP contribution is 2.32. The van der Waals surface area contributed by atoms with Gasteiger partial charge in [-0.3, -0.25) is 4.79 Å². The minimum Gasteiger partial charge on any atom is -0.465 e. The number of hydrogen-bond acceptors (Lipinski definition) is 7. The van der Waals surface area contributed by atoms with Crippen LogP contribution in [0.25, 0.3) is 10.6 Å². The first-order valence-electron chi connectivity index (χ1n) is 10.3. The summed E-state index contributed by atoms with van der Waals surface area (Å²) in [5, 5.41) is 1.44. The summed E-state index contributed by atoms with van der Waals surface area (Å²) in [6.45, 7) is 3.27. The van der Waals surface area contributed by atoms with Gasteiger partial charge < -0.3 is 15.4 Å². The highest BCUT2D eigenvalue weighted by atomic mass is 35.5. The molecule has 2 heterocycles. The zero-order chi connectivity index (χ0) is 22.8. The third-order valence-corrected chi connectivity index (χ3v) is 7.25. The van der Waals surface area contributed by atoms with Crippen molar-refractivity contribution in [2.24, 2.45) is 11.7 Å². The maximum absolute atomic E-state index is 13.2. The fourth-order valence-electron chi connectivity index (χ4n) is 3.97. The van der Waals surface area contributed by atoms with Crippen molar-refractivity contribution in [3.8, 4) is 10.6 Å². The van der Waals surface area contributed by atoms with Crippen LogP contribution >= 0.6 is 22.9 Å². The molecule has 2 atom stereocenters. The molecule has 1 aliphatic heterocycles. The molecule has 8 heteroatoms. The molecule has 0 aliphatic carbocycles. The minimum atomic E-state index is -0.610. The SMILES string of the molecule is COC(=O)c1cccc(N2CCC(C(N)C(=O)c3sc(-c4ccc(Cl)cc4)nc3C)C2)c1. The molecular formula is C24H24ClN3O3S. The Balaban J connectivity index is 1.47. The quantitative estimate of drug-likeness (QED) is 0.419. The molecule has 0 amide bonds. The number of aromatic nitrogens is 1. The molecule has 0 radical (unpaired) electrons. The van der Waals surface area contributed by atoms with Crippen molar-refractivity contribution < 1.29 is 14.3 Å². The number of methoxy groups -OCH3 is 1. The van der Waals surface area contributed by atoms with Crippen LogP contribution in [0.15, 0.2) is 48.5 Å². The molecule has 2 N–H and O–H groups in total. The number of ketones is 1. The van der Waals surface area contributed by atoms with Crippen LogP contribution in [0.4, 0.5) is 5.69 Å². The summed E-state index contributed by atoms with van der Waals surface area (Å²) in [6, 6.07) is 14.1. The number of ether oxygens (including phenoxy) is 1. The predicted molar refractivity (Wildman–Crippen MR) is 128 cm³/mol. The van der Waals surface area contributed by atoms with Crippen molar-refractivity contribution in [1.29, 1.82) is 0 Å². The third-order valence-electron chi connectivity index (χ3n) is 5.78. The molecule has 3 aromatic rings. The van der Waals surface area contributed by atoms with E-state index in [0.29, 0.717) is 27.7 Å². The molecule has 32 heavy (non-hydrogen) atoms. The van der Waals surface area contributed by atoms with Gasteiger partial charge in [0.15, 0.2) is 5.78 Å². The number of carbonyl (C=O) groups excluding carboxylic acids is 2. The van der Waals surface area contributed by atoms with Gasteiger partial charge in [0.25, 0.3) is 0 Å². The second kappa shape index (κ2) is 9.40. The van der Waals surface area contributed by atoms with Gasteiger partial charge in [0.2, 0.25) is 0 Å². The van der Waals surface area contributed by atoms with E-state index in [-0.39, 0.29) is 17.7 Å². The van der Waals surface area contributed by atoms with E-state index in [9.17, 15) is 9.59 Å². The number of benzene rings is 2. The topological polar surface area (TPSA) is 85.5 Å². The Morgan fingerprint density at radius 1 is 1.25 bits per heavy atom. The molecule has 0 spiro atoms. The lowest BCUT2D eigenvalue weighted by atomic mass is 9.95. The van der Waals surface area contributed by atoms with E-state index >= 15 is 0 Å². The van der Waals surface area contributed by atoms with Crippen LogP contribution in [0.5, 0.6) is 0 Å². The van der Waals surface area contributed by atoms with Crippen LogP contribution < -0.4 is 10.6 Å². The van der Waals surface area contributed by atoms with E-state index in [0.717, 1.165) is 29.2 Å². The Morgan fingerprint density at radius 2 is 2.00 bits per heavy atom. The van der Waals surface area contributed by atoms with Crippen LogP contribution in [-0.4, -0.2) is 43.0 Å². The van der Waals surface area contributed by atoms with E-state index in [1.807, 2.05) is 49.4 Å². The number of Topliss-reactive ketones (excluding diaryl/α,β-unsaturated/α-hetero) is 1. The van der Waals surface area contributed by atoms with Crippen LogP contribution in [0.3, 0.4) is 0 Å². The summed E-state index contributed by atoms with van der Waals surface area (Å²) >= 11 is 7.34. The maximum Gasteiger partial charge on any atom is 0.337 e. The molecule has 0 saturated carbocycles. The number of halogens is 1. The van der Waals surface area contributed by atoms with Crippen molar-refractivity contribution in [3.05, 3.63) is 69.7 Å². The fourth-order valence-corrected chi connectivity index (χ4v) is 5.15. The first-order valence-corrected chi connectivity index (χ1v) is 11.5. The predicted octanol–water partition coefficient (Wildman–Crippen LogP) is 4.60. The van der Waals surface area contributed by atoms with E-state index in [2.05, 4.69) is 9.88 Å². The molecule has 0 bridgehead atoms. The first kappa shape index (κ1) is 22.5. The van der Waals surface area contributed by atoms with Gasteiger partial charge in [0.1, 0.15) is 5.01 Å². The van der Waals surface area contributed by atoms with Crippen LogP contribution in [0, 0.1) is 12.8 Å². The number of aryl methyl sites for hydroxylation is 1. The smallest absolute Gasteiger partial charge is 0.337 e. The summed E-state index contributed by atoms with van der Waals surface area (Å²) in [5.41, 5.74) is 9.49. The summed E-state index contributed by atoms with van der Waals surface area (Å²) < 4.78 is 4.81. The Bertz CT molecular complexity index is 1150. The molecule has 2 unspecified atom stereocenters. The first-order chi connectivity index (χ1) is 15.4. The van der Waals surface area contributed by atoms with E-state index in [4.69, 9.17) is 22.1 Å². The molecular weight excluding hydrogens is 446 g/mol. The number of esters is 1. The van der Waals surface area contributed by atoms with E-state index in [1.165, 1.54) is 18.4 Å². The average molecular weight is 470 g/mol. The number of hydrogen-bond donors (Lipinski definition) is 1. The molecule has 1 saturated heterocycles. The minimum absolute atomic E-state index is 0.0183. The number of anilines is 1. The second-order valence-electron chi connectivity index (χ2n) is 7.87. The van der Waals surface area contributed by atoms with E-state index in [1.54, 1.807) is 6.07 Å². The zero-order valence-electron chi connectivity index (χ0n) is 17.9. The summed E-state index contributed by atoms with van der Waals surface area (Å²) in [4.78, 5) is 32.4. The second-order valence-corrected chi connectivity index (χ2v) is 9.30. The lowest BCUT2D eigenvalue weighted by Crippen LogP contribution is -2.39. The molecule has 1 aromatic heterocycles. The summed E-state index contributed by atoms with van der Waals surface area (Å²) in [5.74, 6) is -0.424. The van der Waals surface area contributed by atoms with E-state index < -0.39 is 6.04 Å². The Morgan fingerprint density at radius 3 is 2.72 bits per heavy atom. The summed E-state index contributed by atoms with van der Waals surface area (Å²) in [7, 11) is 1.37. The van der Waals surface area contributed by atoms with Crippen LogP contribution in [0.2, 0.25) is 5.02 Å². The average Bonchev–Trinajstić information content (AvgIpc) is 3.45. The lowest BCUT2D eigenvalue weighted by molar-refractivity contribution is 0.0600. The molecule has 1 fully saturated rings. The van der Waals surface area contributed by atoms with Gasteiger partial charge in [-0.15, -0.1) is 11.3 Å². The Labute approximate surface area is 196 Å². The third kappa shape index (κ3) is 4.55.